The van der Waals surface area contributed by atoms with Crippen molar-refractivity contribution in [1.82, 2.24) is 4.47 Å². The fourth-order valence-electron chi connectivity index (χ4n) is 1.20. The maximum Gasteiger partial charge on any atom is 0.195 e. The minimum atomic E-state index is -1.59. The topological polar surface area (TPSA) is 78.9 Å². The molecule has 0 amide bonds. The Balaban J connectivity index is 2.67. The van der Waals surface area contributed by atoms with Gasteiger partial charge >= 0.3 is 0 Å². The van der Waals surface area contributed by atoms with Gasteiger partial charge in [-0.3, -0.25) is 5.21 Å². The molecule has 1 heterocycles. The number of hydrazone groups is 1. The Hall–Kier alpha value is -1.40. The first-order valence-corrected chi connectivity index (χ1v) is 4.64. The number of nitrogens with zero attached hydrogens (tertiary/aromatic N) is 2. The Labute approximate surface area is 77.0 Å². The van der Waals surface area contributed by atoms with E-state index in [1.54, 1.807) is 24.3 Å². The van der Waals surface area contributed by atoms with Crippen molar-refractivity contribution in [3.8, 4) is 0 Å². The fraction of sp³-hybridized carbons (Fsp3) is 0. The van der Waals surface area contributed by atoms with Crippen LogP contribution >= 0.6 is 0 Å². The Morgan fingerprint density at radius 3 is 2.85 bits per heavy atom. The van der Waals surface area contributed by atoms with Crippen molar-refractivity contribution in [2.75, 3.05) is 0 Å². The van der Waals surface area contributed by atoms with Crippen LogP contribution in [0.15, 0.2) is 34.3 Å². The second kappa shape index (κ2) is 2.82. The van der Waals surface area contributed by atoms with E-state index in [1.807, 2.05) is 0 Å². The zero-order valence-electron chi connectivity index (χ0n) is 6.54. The number of hydrogen-bond donors (Lipinski definition) is 2. The summed E-state index contributed by atoms with van der Waals surface area (Å²) in [5, 5.41) is 12.7. The lowest BCUT2D eigenvalue weighted by Gasteiger charge is -2.04. The van der Waals surface area contributed by atoms with Crippen LogP contribution in [0.4, 0.5) is 0 Å². The molecule has 1 aromatic carbocycles. The maximum atomic E-state index is 11.4. The quantitative estimate of drug-likeness (QED) is 0.455. The van der Waals surface area contributed by atoms with E-state index in [9.17, 15) is 9.42 Å². The Bertz CT molecular complexity index is 404. The van der Waals surface area contributed by atoms with Crippen LogP contribution in [-0.2, 0) is 11.0 Å². The van der Waals surface area contributed by atoms with E-state index in [2.05, 4.69) is 5.10 Å². The molecular weight excluding hydrogens is 190 g/mol. The molecular formula is C7H7N3O2S. The van der Waals surface area contributed by atoms with E-state index in [4.69, 9.17) is 5.84 Å². The molecule has 0 saturated heterocycles. The highest BCUT2D eigenvalue weighted by Gasteiger charge is 2.31. The molecule has 1 aliphatic rings. The number of amidine groups is 1. The first-order valence-electron chi connectivity index (χ1n) is 3.54. The van der Waals surface area contributed by atoms with Gasteiger partial charge in [0.2, 0.25) is 0 Å². The van der Waals surface area contributed by atoms with Gasteiger partial charge in [0.15, 0.2) is 16.8 Å². The molecule has 0 saturated carbocycles. The normalized spacial score (nSPS) is 23.6. The minimum Gasteiger partial charge on any atom is -0.321 e. The van der Waals surface area contributed by atoms with Crippen LogP contribution in [0.25, 0.3) is 0 Å². The Morgan fingerprint density at radius 1 is 1.46 bits per heavy atom. The van der Waals surface area contributed by atoms with E-state index in [0.29, 0.717) is 14.9 Å². The van der Waals surface area contributed by atoms with E-state index in [1.165, 1.54) is 0 Å². The summed E-state index contributed by atoms with van der Waals surface area (Å²) in [5.41, 5.74) is 0.603. The molecule has 0 aromatic heterocycles. The molecule has 0 radical (unpaired) electrons. The molecule has 6 heteroatoms. The molecule has 2 rings (SSSR count). The summed E-state index contributed by atoms with van der Waals surface area (Å²) in [6.07, 6.45) is 0. The van der Waals surface area contributed by atoms with Crippen LogP contribution in [0.1, 0.15) is 5.56 Å². The lowest BCUT2D eigenvalue weighted by molar-refractivity contribution is 0.0898. The highest BCUT2D eigenvalue weighted by atomic mass is 32.2. The monoisotopic (exact) mass is 197 g/mol. The van der Waals surface area contributed by atoms with Gasteiger partial charge in [-0.2, -0.15) is 5.10 Å². The summed E-state index contributed by atoms with van der Waals surface area (Å²) in [6.45, 7) is 0. The van der Waals surface area contributed by atoms with Gasteiger partial charge in [0, 0.05) is 5.56 Å². The third kappa shape index (κ3) is 1.03. The van der Waals surface area contributed by atoms with Gasteiger partial charge < -0.3 is 5.84 Å². The lowest BCUT2D eigenvalue weighted by Crippen LogP contribution is -2.23. The van der Waals surface area contributed by atoms with Crippen molar-refractivity contribution in [2.24, 2.45) is 10.9 Å². The first kappa shape index (κ1) is 8.21. The number of nitrogens with two attached hydrogens (primary N) is 1. The molecule has 68 valence electrons. The summed E-state index contributed by atoms with van der Waals surface area (Å²) < 4.78 is 12.0. The summed E-state index contributed by atoms with van der Waals surface area (Å²) >= 11 is 0. The summed E-state index contributed by atoms with van der Waals surface area (Å²) in [5.74, 6) is 5.19. The SMILES string of the molecule is NN=C1c2ccccc2S(=O)N1O. The Kier molecular flexibility index (Phi) is 1.78. The van der Waals surface area contributed by atoms with Gasteiger partial charge in [-0.05, 0) is 12.1 Å². The lowest BCUT2D eigenvalue weighted by atomic mass is 10.2. The van der Waals surface area contributed by atoms with E-state index < -0.39 is 11.0 Å². The van der Waals surface area contributed by atoms with Crippen molar-refractivity contribution >= 4 is 16.8 Å². The van der Waals surface area contributed by atoms with Crippen LogP contribution in [0.5, 0.6) is 0 Å². The van der Waals surface area contributed by atoms with Crippen LogP contribution < -0.4 is 5.84 Å². The molecule has 1 unspecified atom stereocenters. The molecule has 1 aliphatic heterocycles. The second-order valence-corrected chi connectivity index (χ2v) is 3.75. The number of hydrogen-bond acceptors (Lipinski definition) is 4. The molecule has 5 nitrogen and oxygen atoms in total. The molecule has 0 aliphatic carbocycles. The van der Waals surface area contributed by atoms with E-state index >= 15 is 0 Å². The van der Waals surface area contributed by atoms with Crippen molar-refractivity contribution < 1.29 is 9.42 Å². The third-order valence-electron chi connectivity index (χ3n) is 1.78. The number of fused-ring (bicyclic) bond motifs is 1. The van der Waals surface area contributed by atoms with Crippen LogP contribution in [0.2, 0.25) is 0 Å². The molecule has 1 atom stereocenters. The number of hydroxylamine groups is 1. The van der Waals surface area contributed by atoms with E-state index in [0.717, 1.165) is 0 Å². The predicted octanol–water partition coefficient (Wildman–Crippen LogP) is 0.0343. The molecule has 3 N–H and O–H groups in total. The molecule has 13 heavy (non-hydrogen) atoms. The van der Waals surface area contributed by atoms with Crippen LogP contribution in [0.3, 0.4) is 0 Å². The Morgan fingerprint density at radius 2 is 2.15 bits per heavy atom. The van der Waals surface area contributed by atoms with Gasteiger partial charge in [0.25, 0.3) is 0 Å². The predicted molar refractivity (Wildman–Crippen MR) is 47.2 cm³/mol. The summed E-state index contributed by atoms with van der Waals surface area (Å²) in [4.78, 5) is 0.522. The second-order valence-electron chi connectivity index (χ2n) is 2.47. The van der Waals surface area contributed by atoms with Gasteiger partial charge in [-0.1, -0.05) is 12.1 Å². The highest BCUT2D eigenvalue weighted by molar-refractivity contribution is 7.83. The van der Waals surface area contributed by atoms with Crippen molar-refractivity contribution in [3.63, 3.8) is 0 Å². The van der Waals surface area contributed by atoms with Crippen LogP contribution in [0, 0.1) is 0 Å². The third-order valence-corrected chi connectivity index (χ3v) is 3.00. The van der Waals surface area contributed by atoms with Gasteiger partial charge in [-0.15, -0.1) is 4.47 Å². The maximum absolute atomic E-state index is 11.4. The molecule has 1 aromatic rings. The molecule has 0 fully saturated rings. The van der Waals surface area contributed by atoms with Crippen molar-refractivity contribution in [2.45, 2.75) is 4.90 Å². The summed E-state index contributed by atoms with van der Waals surface area (Å²) in [6, 6.07) is 6.87. The zero-order valence-corrected chi connectivity index (χ0v) is 7.36. The van der Waals surface area contributed by atoms with Crippen molar-refractivity contribution in [3.05, 3.63) is 29.8 Å². The van der Waals surface area contributed by atoms with Gasteiger partial charge in [0.05, 0.1) is 4.90 Å². The van der Waals surface area contributed by atoms with E-state index in [-0.39, 0.29) is 5.84 Å². The highest BCUT2D eigenvalue weighted by Crippen LogP contribution is 2.24. The van der Waals surface area contributed by atoms with Crippen LogP contribution in [-0.4, -0.2) is 19.7 Å². The number of rotatable bonds is 0. The van der Waals surface area contributed by atoms with Gasteiger partial charge in [-0.25, -0.2) is 4.21 Å². The van der Waals surface area contributed by atoms with Gasteiger partial charge in [0.1, 0.15) is 0 Å². The average Bonchev–Trinajstić information content (AvgIpc) is 2.41. The standard InChI is InChI=1S/C7H7N3O2S/c8-9-7-5-3-1-2-4-6(5)13(12)10(7)11/h1-4,11H,8H2. The largest absolute Gasteiger partial charge is 0.321 e. The molecule has 0 bridgehead atoms. The summed E-state index contributed by atoms with van der Waals surface area (Å²) in [7, 11) is -1.59. The molecule has 0 spiro atoms. The number of benzene rings is 1. The minimum absolute atomic E-state index is 0.133. The first-order chi connectivity index (χ1) is 6.25. The van der Waals surface area contributed by atoms with Crippen molar-refractivity contribution in [1.29, 1.82) is 0 Å². The fourth-order valence-corrected chi connectivity index (χ4v) is 2.23. The zero-order chi connectivity index (χ0) is 9.42. The average molecular weight is 197 g/mol. The smallest absolute Gasteiger partial charge is 0.195 e.